The number of hydrogen-bond donors (Lipinski definition) is 1. The maximum absolute atomic E-state index is 16.3. The van der Waals surface area contributed by atoms with Gasteiger partial charge in [0.25, 0.3) is 0 Å². The van der Waals surface area contributed by atoms with Crippen LogP contribution in [0.2, 0.25) is 0 Å². The average molecular weight is 334 g/mol. The van der Waals surface area contributed by atoms with E-state index in [0.717, 1.165) is 16.2 Å². The molecule has 23 heavy (non-hydrogen) atoms. The van der Waals surface area contributed by atoms with E-state index in [2.05, 4.69) is 6.92 Å². The number of thioether (sulfide) groups is 1. The molecule has 0 aromatic heterocycles. The molecule has 1 saturated carbocycles. The number of carbonyl (C=O) groups excluding carboxylic acids is 1. The van der Waals surface area contributed by atoms with Gasteiger partial charge in [-0.3, -0.25) is 4.79 Å². The first kappa shape index (κ1) is 16.7. The Balaban J connectivity index is 2.07. The third kappa shape index (κ3) is 2.66. The number of ketones is 1. The minimum atomic E-state index is -1.60. The molecule has 0 radical (unpaired) electrons. The number of Topliss-reactive ketones (excluding diaryl/α,β-unsaturated/α-hetero) is 1. The topological polar surface area (TPSA) is 37.3 Å². The number of allylic oxidation sites excluding steroid dienone is 1. The summed E-state index contributed by atoms with van der Waals surface area (Å²) in [6, 6.07) is 7.62. The van der Waals surface area contributed by atoms with Crippen molar-refractivity contribution in [3.05, 3.63) is 41.5 Å². The van der Waals surface area contributed by atoms with Gasteiger partial charge in [0.2, 0.25) is 0 Å². The normalized spacial score (nSPS) is 26.6. The lowest BCUT2D eigenvalue weighted by atomic mass is 9.59. The van der Waals surface area contributed by atoms with Crippen LogP contribution >= 0.6 is 11.8 Å². The summed E-state index contributed by atoms with van der Waals surface area (Å²) in [6.07, 6.45) is 3.85. The highest BCUT2D eigenvalue weighted by molar-refractivity contribution is 8.08. The van der Waals surface area contributed by atoms with Gasteiger partial charge in [-0.2, -0.15) is 0 Å². The van der Waals surface area contributed by atoms with E-state index >= 15 is 4.39 Å². The van der Waals surface area contributed by atoms with Crippen molar-refractivity contribution in [1.82, 2.24) is 0 Å². The molecular formula is C19H23FO2S. The fourth-order valence-electron chi connectivity index (χ4n) is 3.98. The van der Waals surface area contributed by atoms with E-state index in [1.165, 1.54) is 0 Å². The van der Waals surface area contributed by atoms with Crippen LogP contribution < -0.4 is 0 Å². The van der Waals surface area contributed by atoms with E-state index in [9.17, 15) is 9.90 Å². The molecule has 3 rings (SSSR count). The molecule has 1 unspecified atom stereocenters. The molecule has 0 spiro atoms. The highest BCUT2D eigenvalue weighted by Crippen LogP contribution is 2.57. The number of rotatable bonds is 4. The molecule has 0 heterocycles. The zero-order valence-electron chi connectivity index (χ0n) is 13.5. The summed E-state index contributed by atoms with van der Waals surface area (Å²) >= 11 is 1.73. The standard InChI is InChI=1S/C19H23FO2S/c1-2-23-17-9-12-19(20,16-6-4-3-5-15(16)17)18(13-21)10-7-14(22)8-11-18/h3-6,9,21H,2,7-8,10-13H2,1H3. The van der Waals surface area contributed by atoms with Crippen LogP contribution in [0.25, 0.3) is 4.91 Å². The van der Waals surface area contributed by atoms with E-state index in [0.29, 0.717) is 31.2 Å². The Kier molecular flexibility index (Phi) is 4.65. The van der Waals surface area contributed by atoms with Gasteiger partial charge in [0.1, 0.15) is 11.5 Å². The van der Waals surface area contributed by atoms with E-state index in [1.807, 2.05) is 30.3 Å². The Morgan fingerprint density at radius 2 is 1.96 bits per heavy atom. The number of carbonyl (C=O) groups is 1. The Labute approximate surface area is 141 Å². The molecule has 0 saturated heterocycles. The van der Waals surface area contributed by atoms with Gasteiger partial charge in [-0.05, 0) is 29.7 Å². The molecule has 0 aliphatic heterocycles. The van der Waals surface area contributed by atoms with Crippen molar-refractivity contribution >= 4 is 22.5 Å². The van der Waals surface area contributed by atoms with Crippen LogP contribution in [0.1, 0.15) is 50.2 Å². The number of hydrogen-bond acceptors (Lipinski definition) is 3. The fraction of sp³-hybridized carbons (Fsp3) is 0.526. The molecule has 0 bridgehead atoms. The quantitative estimate of drug-likeness (QED) is 0.882. The molecule has 4 heteroatoms. The second kappa shape index (κ2) is 6.40. The molecule has 2 aliphatic carbocycles. The second-order valence-electron chi connectivity index (χ2n) is 6.53. The molecular weight excluding hydrogens is 311 g/mol. The third-order valence-corrected chi connectivity index (χ3v) is 6.38. The van der Waals surface area contributed by atoms with Crippen molar-refractivity contribution in [3.8, 4) is 0 Å². The van der Waals surface area contributed by atoms with Crippen LogP contribution in [0.15, 0.2) is 30.3 Å². The first-order chi connectivity index (χ1) is 11.1. The maximum atomic E-state index is 16.3. The number of halogens is 1. The van der Waals surface area contributed by atoms with Crippen LogP contribution in [0.3, 0.4) is 0 Å². The van der Waals surface area contributed by atoms with Gasteiger partial charge in [-0.15, -0.1) is 11.8 Å². The van der Waals surface area contributed by atoms with Crippen LogP contribution in [0, 0.1) is 5.41 Å². The third-order valence-electron chi connectivity index (χ3n) is 5.40. The van der Waals surface area contributed by atoms with Gasteiger partial charge in [-0.1, -0.05) is 37.3 Å². The molecule has 124 valence electrons. The Morgan fingerprint density at radius 1 is 1.26 bits per heavy atom. The van der Waals surface area contributed by atoms with E-state index < -0.39 is 11.1 Å². The molecule has 1 fully saturated rings. The zero-order chi connectivity index (χ0) is 16.5. The zero-order valence-corrected chi connectivity index (χ0v) is 14.3. The van der Waals surface area contributed by atoms with Gasteiger partial charge in [0.05, 0.1) is 6.61 Å². The Hall–Kier alpha value is -1.13. The highest BCUT2D eigenvalue weighted by atomic mass is 32.2. The highest BCUT2D eigenvalue weighted by Gasteiger charge is 2.55. The SMILES string of the molecule is CCSC1=CCC(F)(C2(CO)CCC(=O)CC2)c2ccccc21. The van der Waals surface area contributed by atoms with Gasteiger partial charge in [0.15, 0.2) is 0 Å². The summed E-state index contributed by atoms with van der Waals surface area (Å²) in [5, 5.41) is 10.1. The minimum Gasteiger partial charge on any atom is -0.396 e. The summed E-state index contributed by atoms with van der Waals surface area (Å²) in [7, 11) is 0. The number of aliphatic hydroxyl groups excluding tert-OH is 1. The largest absolute Gasteiger partial charge is 0.396 e. The maximum Gasteiger partial charge on any atom is 0.147 e. The first-order valence-corrected chi connectivity index (χ1v) is 9.29. The lowest BCUT2D eigenvalue weighted by Gasteiger charge is -2.48. The first-order valence-electron chi connectivity index (χ1n) is 8.30. The van der Waals surface area contributed by atoms with Crippen LogP contribution in [-0.2, 0) is 10.5 Å². The van der Waals surface area contributed by atoms with E-state index in [-0.39, 0.29) is 18.8 Å². The fourth-order valence-corrected chi connectivity index (χ4v) is 4.82. The van der Waals surface area contributed by atoms with Crippen molar-refractivity contribution in [3.63, 3.8) is 0 Å². The number of benzene rings is 1. The van der Waals surface area contributed by atoms with Gasteiger partial charge in [-0.25, -0.2) is 4.39 Å². The van der Waals surface area contributed by atoms with Crippen molar-refractivity contribution in [2.75, 3.05) is 12.4 Å². The molecule has 2 aliphatic rings. The summed E-state index contributed by atoms with van der Waals surface area (Å²) in [6.45, 7) is 1.88. The van der Waals surface area contributed by atoms with Crippen molar-refractivity contribution < 1.29 is 14.3 Å². The van der Waals surface area contributed by atoms with Crippen molar-refractivity contribution in [2.24, 2.45) is 5.41 Å². The number of alkyl halides is 1. The Bertz CT molecular complexity index is 630. The number of fused-ring (bicyclic) bond motifs is 1. The van der Waals surface area contributed by atoms with Crippen molar-refractivity contribution in [2.45, 2.75) is 44.7 Å². The van der Waals surface area contributed by atoms with Crippen molar-refractivity contribution in [1.29, 1.82) is 0 Å². The second-order valence-corrected chi connectivity index (χ2v) is 7.84. The lowest BCUT2D eigenvalue weighted by Crippen LogP contribution is -2.48. The smallest absolute Gasteiger partial charge is 0.147 e. The van der Waals surface area contributed by atoms with Gasteiger partial charge in [0, 0.05) is 29.6 Å². The van der Waals surface area contributed by atoms with E-state index in [1.54, 1.807) is 11.8 Å². The van der Waals surface area contributed by atoms with Crippen LogP contribution in [-0.4, -0.2) is 23.2 Å². The predicted octanol–water partition coefficient (Wildman–Crippen LogP) is 4.47. The minimum absolute atomic E-state index is 0.180. The summed E-state index contributed by atoms with van der Waals surface area (Å²) in [5.41, 5.74) is -0.827. The van der Waals surface area contributed by atoms with Crippen LogP contribution in [0.5, 0.6) is 0 Å². The lowest BCUT2D eigenvalue weighted by molar-refractivity contribution is -0.130. The van der Waals surface area contributed by atoms with Gasteiger partial charge < -0.3 is 5.11 Å². The molecule has 1 aromatic rings. The summed E-state index contributed by atoms with van der Waals surface area (Å²) in [5.74, 6) is 1.12. The molecule has 1 atom stereocenters. The monoisotopic (exact) mass is 334 g/mol. The van der Waals surface area contributed by atoms with Crippen LogP contribution in [0.4, 0.5) is 4.39 Å². The number of aliphatic hydroxyl groups is 1. The summed E-state index contributed by atoms with van der Waals surface area (Å²) in [4.78, 5) is 12.7. The van der Waals surface area contributed by atoms with Gasteiger partial charge >= 0.3 is 0 Å². The predicted molar refractivity (Wildman–Crippen MR) is 92.9 cm³/mol. The van der Waals surface area contributed by atoms with E-state index in [4.69, 9.17) is 0 Å². The average Bonchev–Trinajstić information content (AvgIpc) is 2.59. The molecule has 2 nitrogen and oxygen atoms in total. The Morgan fingerprint density at radius 3 is 2.61 bits per heavy atom. The molecule has 1 aromatic carbocycles. The molecule has 1 N–H and O–H groups in total. The summed E-state index contributed by atoms with van der Waals surface area (Å²) < 4.78 is 16.3. The molecule has 0 amide bonds.